The van der Waals surface area contributed by atoms with Gasteiger partial charge in [0.05, 0.1) is 5.54 Å². The zero-order valence-corrected chi connectivity index (χ0v) is 13.0. The molecular formula is C16H19N3OS. The molecule has 1 unspecified atom stereocenters. The lowest BCUT2D eigenvalue weighted by atomic mass is 9.93. The lowest BCUT2D eigenvalue weighted by Gasteiger charge is -2.30. The third-order valence-electron chi connectivity index (χ3n) is 3.77. The second kappa shape index (κ2) is 5.58. The predicted molar refractivity (Wildman–Crippen MR) is 84.2 cm³/mol. The molecular weight excluding hydrogens is 282 g/mol. The van der Waals surface area contributed by atoms with Crippen LogP contribution in [0.25, 0.3) is 0 Å². The van der Waals surface area contributed by atoms with Gasteiger partial charge in [0.15, 0.2) is 0 Å². The van der Waals surface area contributed by atoms with Gasteiger partial charge in [-0.15, -0.1) is 11.3 Å². The zero-order chi connectivity index (χ0) is 14.9. The molecule has 21 heavy (non-hydrogen) atoms. The van der Waals surface area contributed by atoms with E-state index >= 15 is 0 Å². The molecule has 2 heterocycles. The fourth-order valence-electron chi connectivity index (χ4n) is 2.70. The number of hydrogen-bond acceptors (Lipinski definition) is 4. The van der Waals surface area contributed by atoms with Crippen LogP contribution in [0, 0.1) is 0 Å². The highest BCUT2D eigenvalue weighted by molar-refractivity contribution is 7.09. The standard InChI is InChI=1S/C16H19N3OS/c1-16(2,15-18-9-10-21-15)19-14(20)13-12-6-4-3-5-11(12)7-8-17-13/h3-6,9-10,13,17H,7-8H2,1-2H3,(H,19,20). The van der Waals surface area contributed by atoms with Crippen molar-refractivity contribution in [3.8, 4) is 0 Å². The van der Waals surface area contributed by atoms with E-state index in [0.717, 1.165) is 23.5 Å². The number of hydrogen-bond donors (Lipinski definition) is 2. The second-order valence-electron chi connectivity index (χ2n) is 5.79. The molecule has 1 aliphatic rings. The van der Waals surface area contributed by atoms with Crippen molar-refractivity contribution in [3.05, 3.63) is 52.0 Å². The molecule has 0 saturated carbocycles. The van der Waals surface area contributed by atoms with Gasteiger partial charge in [-0.3, -0.25) is 4.79 Å². The Hall–Kier alpha value is -1.72. The molecule has 1 aromatic carbocycles. The molecule has 0 spiro atoms. The maximum Gasteiger partial charge on any atom is 0.242 e. The minimum absolute atomic E-state index is 0.00218. The minimum Gasteiger partial charge on any atom is -0.343 e. The molecule has 2 N–H and O–H groups in total. The molecule has 1 aromatic heterocycles. The number of fused-ring (bicyclic) bond motifs is 1. The summed E-state index contributed by atoms with van der Waals surface area (Å²) in [5.41, 5.74) is 1.87. The second-order valence-corrected chi connectivity index (χ2v) is 6.68. The number of thiazole rings is 1. The summed E-state index contributed by atoms with van der Waals surface area (Å²) in [7, 11) is 0. The molecule has 4 nitrogen and oxygen atoms in total. The third-order valence-corrected chi connectivity index (χ3v) is 4.87. The molecule has 2 aromatic rings. The van der Waals surface area contributed by atoms with Crippen molar-refractivity contribution in [1.29, 1.82) is 0 Å². The monoisotopic (exact) mass is 301 g/mol. The summed E-state index contributed by atoms with van der Waals surface area (Å²) in [6.07, 6.45) is 2.73. The van der Waals surface area contributed by atoms with Crippen molar-refractivity contribution >= 4 is 17.2 Å². The number of carbonyl (C=O) groups is 1. The number of nitrogens with zero attached hydrogens (tertiary/aromatic N) is 1. The van der Waals surface area contributed by atoms with Gasteiger partial charge >= 0.3 is 0 Å². The molecule has 0 saturated heterocycles. The van der Waals surface area contributed by atoms with E-state index in [-0.39, 0.29) is 11.9 Å². The van der Waals surface area contributed by atoms with Crippen LogP contribution in [0.3, 0.4) is 0 Å². The predicted octanol–water partition coefficient (Wildman–Crippen LogP) is 2.38. The Kier molecular flexibility index (Phi) is 3.78. The van der Waals surface area contributed by atoms with Crippen LogP contribution in [0.15, 0.2) is 35.8 Å². The molecule has 0 aliphatic carbocycles. The van der Waals surface area contributed by atoms with E-state index in [1.54, 1.807) is 17.5 Å². The van der Waals surface area contributed by atoms with Crippen molar-refractivity contribution in [2.45, 2.75) is 31.8 Å². The zero-order valence-electron chi connectivity index (χ0n) is 12.2. The minimum atomic E-state index is -0.459. The van der Waals surface area contributed by atoms with E-state index in [0.29, 0.717) is 0 Å². The number of rotatable bonds is 3. The van der Waals surface area contributed by atoms with Crippen molar-refractivity contribution < 1.29 is 4.79 Å². The molecule has 5 heteroatoms. The quantitative estimate of drug-likeness (QED) is 0.915. The Bertz CT molecular complexity index is 637. The van der Waals surface area contributed by atoms with Crippen LogP contribution in [0.5, 0.6) is 0 Å². The molecule has 3 rings (SSSR count). The maximum atomic E-state index is 12.7. The first kappa shape index (κ1) is 14.2. The average molecular weight is 301 g/mol. The number of carbonyl (C=O) groups excluding carboxylic acids is 1. The van der Waals surface area contributed by atoms with Gasteiger partial charge in [-0.1, -0.05) is 24.3 Å². The first-order valence-corrected chi connectivity index (χ1v) is 7.99. The number of nitrogens with one attached hydrogen (secondary N) is 2. The Labute approximate surface area is 128 Å². The molecule has 110 valence electrons. The summed E-state index contributed by atoms with van der Waals surface area (Å²) < 4.78 is 0. The highest BCUT2D eigenvalue weighted by Gasteiger charge is 2.31. The Balaban J connectivity index is 1.81. The molecule has 1 atom stereocenters. The summed E-state index contributed by atoms with van der Waals surface area (Å²) in [4.78, 5) is 17.0. The first-order valence-electron chi connectivity index (χ1n) is 7.11. The molecule has 1 amide bonds. The van der Waals surface area contributed by atoms with Gasteiger partial charge in [-0.05, 0) is 31.4 Å². The topological polar surface area (TPSA) is 54.0 Å². The van der Waals surface area contributed by atoms with E-state index < -0.39 is 5.54 Å². The summed E-state index contributed by atoms with van der Waals surface area (Å²) in [5.74, 6) is 0.00218. The molecule has 0 bridgehead atoms. The van der Waals surface area contributed by atoms with Crippen LogP contribution >= 0.6 is 11.3 Å². The first-order chi connectivity index (χ1) is 10.1. The lowest BCUT2D eigenvalue weighted by molar-refractivity contribution is -0.125. The van der Waals surface area contributed by atoms with Gasteiger partial charge in [0.25, 0.3) is 0 Å². The highest BCUT2D eigenvalue weighted by Crippen LogP contribution is 2.26. The third kappa shape index (κ3) is 2.84. The van der Waals surface area contributed by atoms with Crippen molar-refractivity contribution in [1.82, 2.24) is 15.6 Å². The Morgan fingerprint density at radius 2 is 2.24 bits per heavy atom. The molecule has 0 fully saturated rings. The normalized spacial score (nSPS) is 18.1. The van der Waals surface area contributed by atoms with Gasteiger partial charge in [0.1, 0.15) is 11.0 Å². The SMILES string of the molecule is CC(C)(NC(=O)C1NCCc2ccccc21)c1nccs1. The largest absolute Gasteiger partial charge is 0.343 e. The van der Waals surface area contributed by atoms with Gasteiger partial charge in [-0.25, -0.2) is 4.98 Å². The summed E-state index contributed by atoms with van der Waals surface area (Å²) >= 11 is 1.56. The van der Waals surface area contributed by atoms with Crippen LogP contribution in [-0.4, -0.2) is 17.4 Å². The van der Waals surface area contributed by atoms with E-state index in [9.17, 15) is 4.79 Å². The lowest BCUT2D eigenvalue weighted by Crippen LogP contribution is -2.48. The van der Waals surface area contributed by atoms with Crippen LogP contribution in [0.4, 0.5) is 0 Å². The highest BCUT2D eigenvalue weighted by atomic mass is 32.1. The van der Waals surface area contributed by atoms with Crippen molar-refractivity contribution in [3.63, 3.8) is 0 Å². The Morgan fingerprint density at radius 1 is 1.43 bits per heavy atom. The van der Waals surface area contributed by atoms with Crippen LogP contribution in [-0.2, 0) is 16.8 Å². The van der Waals surface area contributed by atoms with Crippen LogP contribution in [0.2, 0.25) is 0 Å². The summed E-state index contributed by atoms with van der Waals surface area (Å²) in [6, 6.07) is 7.86. The smallest absolute Gasteiger partial charge is 0.242 e. The van der Waals surface area contributed by atoms with E-state index in [1.165, 1.54) is 5.56 Å². The molecule has 1 aliphatic heterocycles. The Morgan fingerprint density at radius 3 is 3.00 bits per heavy atom. The number of benzene rings is 1. The molecule has 0 radical (unpaired) electrons. The van der Waals surface area contributed by atoms with E-state index in [1.807, 2.05) is 37.4 Å². The number of aromatic nitrogens is 1. The van der Waals surface area contributed by atoms with Crippen molar-refractivity contribution in [2.24, 2.45) is 0 Å². The van der Waals surface area contributed by atoms with E-state index in [2.05, 4.69) is 21.7 Å². The van der Waals surface area contributed by atoms with Crippen LogP contribution < -0.4 is 10.6 Å². The van der Waals surface area contributed by atoms with Gasteiger partial charge in [0, 0.05) is 18.1 Å². The fourth-order valence-corrected chi connectivity index (χ4v) is 3.42. The van der Waals surface area contributed by atoms with Gasteiger partial charge < -0.3 is 10.6 Å². The summed E-state index contributed by atoms with van der Waals surface area (Å²) in [6.45, 7) is 4.80. The average Bonchev–Trinajstić information content (AvgIpc) is 3.01. The fraction of sp³-hybridized carbons (Fsp3) is 0.375. The maximum absolute atomic E-state index is 12.7. The van der Waals surface area contributed by atoms with Crippen LogP contribution in [0.1, 0.15) is 36.0 Å². The van der Waals surface area contributed by atoms with E-state index in [4.69, 9.17) is 0 Å². The van der Waals surface area contributed by atoms with Crippen molar-refractivity contribution in [2.75, 3.05) is 6.54 Å². The van der Waals surface area contributed by atoms with Gasteiger partial charge in [-0.2, -0.15) is 0 Å². The summed E-state index contributed by atoms with van der Waals surface area (Å²) in [5, 5.41) is 9.27. The number of amides is 1. The van der Waals surface area contributed by atoms with Gasteiger partial charge in [0.2, 0.25) is 5.91 Å².